The number of ether oxygens (including phenoxy) is 1. The van der Waals surface area contributed by atoms with E-state index in [1.165, 1.54) is 0 Å². The number of benzene rings is 1. The zero-order chi connectivity index (χ0) is 13.5. The van der Waals surface area contributed by atoms with Crippen LogP contribution in [0.5, 0.6) is 0 Å². The lowest BCUT2D eigenvalue weighted by Gasteiger charge is -2.13. The van der Waals surface area contributed by atoms with E-state index in [2.05, 4.69) is 38.3 Å². The van der Waals surface area contributed by atoms with Gasteiger partial charge in [-0.2, -0.15) is 0 Å². The van der Waals surface area contributed by atoms with Gasteiger partial charge in [0.1, 0.15) is 0 Å². The van der Waals surface area contributed by atoms with Crippen LogP contribution in [-0.2, 0) is 4.74 Å². The van der Waals surface area contributed by atoms with Crippen LogP contribution in [0, 0.1) is 3.57 Å². The molecule has 5 nitrogen and oxygen atoms in total. The molecule has 1 unspecified atom stereocenters. The highest BCUT2D eigenvalue weighted by molar-refractivity contribution is 14.1. The van der Waals surface area contributed by atoms with Crippen molar-refractivity contribution in [2.24, 2.45) is 10.8 Å². The van der Waals surface area contributed by atoms with Gasteiger partial charge in [0.25, 0.3) is 0 Å². The minimum atomic E-state index is -0.00354. The molecular weight excluding hydrogens is 367 g/mol. The van der Waals surface area contributed by atoms with Crippen molar-refractivity contribution in [3.63, 3.8) is 0 Å². The molecule has 7 heteroatoms. The van der Waals surface area contributed by atoms with Gasteiger partial charge in [0.15, 0.2) is 0 Å². The highest BCUT2D eigenvalue weighted by atomic mass is 127. The Bertz CT molecular complexity index is 428. The normalized spacial score (nSPS) is 13.3. The molecule has 0 aliphatic rings. The Morgan fingerprint density at radius 3 is 2.89 bits per heavy atom. The van der Waals surface area contributed by atoms with Crippen molar-refractivity contribution < 1.29 is 4.74 Å². The Hall–Kier alpha value is -0.570. The van der Waals surface area contributed by atoms with Gasteiger partial charge in [-0.25, -0.2) is 10.8 Å². The molecule has 1 rings (SSSR count). The quantitative estimate of drug-likeness (QED) is 0.245. The zero-order valence-corrected chi connectivity index (χ0v) is 13.1. The van der Waals surface area contributed by atoms with Gasteiger partial charge in [0, 0.05) is 10.7 Å². The number of halogens is 2. The number of aliphatic imine (C=N–C) groups is 1. The van der Waals surface area contributed by atoms with Crippen LogP contribution in [0.2, 0.25) is 5.02 Å². The molecule has 1 atom stereocenters. The minimum absolute atomic E-state index is 0.00354. The number of anilines is 1. The number of hydrogen-bond donors (Lipinski definition) is 3. The van der Waals surface area contributed by atoms with Crippen LogP contribution in [0.3, 0.4) is 0 Å². The average molecular weight is 383 g/mol. The van der Waals surface area contributed by atoms with Gasteiger partial charge in [-0.05, 0) is 47.7 Å². The molecule has 0 spiro atoms. The van der Waals surface area contributed by atoms with Crippen molar-refractivity contribution in [3.8, 4) is 0 Å². The van der Waals surface area contributed by atoms with Crippen LogP contribution in [0.15, 0.2) is 23.2 Å². The molecule has 0 aliphatic heterocycles. The predicted octanol–water partition coefficient (Wildman–Crippen LogP) is 2.21. The maximum atomic E-state index is 6.11. The molecule has 1 aromatic rings. The van der Waals surface area contributed by atoms with Crippen molar-refractivity contribution in [1.29, 1.82) is 0 Å². The summed E-state index contributed by atoms with van der Waals surface area (Å²) in [7, 11) is 1.63. The van der Waals surface area contributed by atoms with Crippen LogP contribution >= 0.6 is 34.2 Å². The largest absolute Gasteiger partial charge is 0.382 e. The van der Waals surface area contributed by atoms with E-state index < -0.39 is 0 Å². The van der Waals surface area contributed by atoms with E-state index in [1.807, 2.05) is 25.1 Å². The third-order valence-corrected chi connectivity index (χ3v) is 3.06. The zero-order valence-electron chi connectivity index (χ0n) is 10.2. The smallest absolute Gasteiger partial charge is 0.210 e. The molecular formula is C11H16ClIN4O. The molecule has 100 valence electrons. The number of hydrogen-bond acceptors (Lipinski definition) is 3. The molecule has 0 radical (unpaired) electrons. The number of rotatable bonds is 4. The summed E-state index contributed by atoms with van der Waals surface area (Å²) in [6.07, 6.45) is 0. The molecule has 0 bridgehead atoms. The second-order valence-corrected chi connectivity index (χ2v) is 5.33. The first-order valence-corrected chi connectivity index (χ1v) is 6.78. The SMILES string of the molecule is COCC(C)N=C(NN)Nc1ccc(I)cc1Cl. The van der Waals surface area contributed by atoms with E-state index in [0.717, 1.165) is 9.26 Å². The Labute approximate surface area is 125 Å². The molecule has 0 fully saturated rings. The van der Waals surface area contributed by atoms with E-state index >= 15 is 0 Å². The van der Waals surface area contributed by atoms with Crippen LogP contribution in [-0.4, -0.2) is 25.7 Å². The first kappa shape index (κ1) is 15.5. The second-order valence-electron chi connectivity index (χ2n) is 3.68. The fraction of sp³-hybridized carbons (Fsp3) is 0.364. The lowest BCUT2D eigenvalue weighted by atomic mass is 10.3. The summed E-state index contributed by atoms with van der Waals surface area (Å²) in [6, 6.07) is 5.67. The summed E-state index contributed by atoms with van der Waals surface area (Å²) in [6.45, 7) is 2.45. The van der Waals surface area contributed by atoms with Crippen molar-refractivity contribution in [2.45, 2.75) is 13.0 Å². The Kier molecular flexibility index (Phi) is 6.69. The van der Waals surface area contributed by atoms with E-state index in [9.17, 15) is 0 Å². The summed E-state index contributed by atoms with van der Waals surface area (Å²) in [5.74, 6) is 5.86. The highest BCUT2D eigenvalue weighted by Gasteiger charge is 2.05. The van der Waals surface area contributed by atoms with E-state index in [0.29, 0.717) is 17.6 Å². The van der Waals surface area contributed by atoms with E-state index in [4.69, 9.17) is 22.2 Å². The number of nitrogens with one attached hydrogen (secondary N) is 2. The Morgan fingerprint density at radius 1 is 1.61 bits per heavy atom. The highest BCUT2D eigenvalue weighted by Crippen LogP contribution is 2.23. The van der Waals surface area contributed by atoms with Crippen LogP contribution in [0.1, 0.15) is 6.92 Å². The van der Waals surface area contributed by atoms with Crippen LogP contribution in [0.4, 0.5) is 5.69 Å². The van der Waals surface area contributed by atoms with Crippen molar-refractivity contribution in [2.75, 3.05) is 19.0 Å². The number of nitrogens with zero attached hydrogens (tertiary/aromatic N) is 1. The lowest BCUT2D eigenvalue weighted by Crippen LogP contribution is -2.37. The number of hydrazine groups is 1. The first-order valence-electron chi connectivity index (χ1n) is 5.32. The summed E-state index contributed by atoms with van der Waals surface area (Å²) >= 11 is 8.31. The van der Waals surface area contributed by atoms with Gasteiger partial charge in [-0.3, -0.25) is 5.43 Å². The maximum Gasteiger partial charge on any atom is 0.210 e. The van der Waals surface area contributed by atoms with Crippen LogP contribution < -0.4 is 16.6 Å². The minimum Gasteiger partial charge on any atom is -0.382 e. The maximum absolute atomic E-state index is 6.11. The summed E-state index contributed by atoms with van der Waals surface area (Å²) < 4.78 is 6.07. The fourth-order valence-electron chi connectivity index (χ4n) is 1.32. The Morgan fingerprint density at radius 2 is 2.33 bits per heavy atom. The number of guanidine groups is 1. The molecule has 4 N–H and O–H groups in total. The van der Waals surface area contributed by atoms with Gasteiger partial charge in [0.05, 0.1) is 23.4 Å². The summed E-state index contributed by atoms with van der Waals surface area (Å²) in [4.78, 5) is 4.33. The van der Waals surface area contributed by atoms with Crippen molar-refractivity contribution in [3.05, 3.63) is 26.8 Å². The van der Waals surface area contributed by atoms with E-state index in [-0.39, 0.29) is 6.04 Å². The third-order valence-electron chi connectivity index (χ3n) is 2.08. The molecule has 0 aliphatic carbocycles. The van der Waals surface area contributed by atoms with Gasteiger partial charge in [-0.1, -0.05) is 11.6 Å². The standard InChI is InChI=1S/C11H16ClIN4O/c1-7(6-18-2)15-11(17-14)16-10-4-3-8(13)5-9(10)12/h3-5,7H,6,14H2,1-2H3,(H2,15,16,17). The van der Waals surface area contributed by atoms with Crippen molar-refractivity contribution in [1.82, 2.24) is 5.43 Å². The predicted molar refractivity (Wildman–Crippen MR) is 83.9 cm³/mol. The average Bonchev–Trinajstić information content (AvgIpc) is 2.31. The topological polar surface area (TPSA) is 71.7 Å². The molecule has 0 amide bonds. The third kappa shape index (κ3) is 4.97. The van der Waals surface area contributed by atoms with Gasteiger partial charge >= 0.3 is 0 Å². The number of nitrogens with two attached hydrogens (primary N) is 1. The molecule has 1 aromatic carbocycles. The number of methoxy groups -OCH3 is 1. The first-order chi connectivity index (χ1) is 8.56. The van der Waals surface area contributed by atoms with Gasteiger partial charge in [-0.15, -0.1) is 0 Å². The van der Waals surface area contributed by atoms with E-state index in [1.54, 1.807) is 7.11 Å². The Balaban J connectivity index is 2.79. The fourth-order valence-corrected chi connectivity index (χ4v) is 2.23. The van der Waals surface area contributed by atoms with Crippen molar-refractivity contribution >= 4 is 45.8 Å². The van der Waals surface area contributed by atoms with Crippen LogP contribution in [0.25, 0.3) is 0 Å². The molecule has 0 saturated heterocycles. The molecule has 0 aromatic heterocycles. The summed E-state index contributed by atoms with van der Waals surface area (Å²) in [5.41, 5.74) is 3.25. The van der Waals surface area contributed by atoms with Gasteiger partial charge < -0.3 is 10.1 Å². The molecule has 0 saturated carbocycles. The lowest BCUT2D eigenvalue weighted by molar-refractivity contribution is 0.185. The molecule has 0 heterocycles. The molecule has 18 heavy (non-hydrogen) atoms. The summed E-state index contributed by atoms with van der Waals surface area (Å²) in [5, 5.41) is 3.65. The van der Waals surface area contributed by atoms with Gasteiger partial charge in [0.2, 0.25) is 5.96 Å². The second kappa shape index (κ2) is 7.78. The monoisotopic (exact) mass is 382 g/mol.